The molecule has 92 valence electrons. The molecule has 0 saturated carbocycles. The van der Waals surface area contributed by atoms with Gasteiger partial charge in [-0.15, -0.1) is 0 Å². The summed E-state index contributed by atoms with van der Waals surface area (Å²) in [6.45, 7) is 11.8. The lowest BCUT2D eigenvalue weighted by Crippen LogP contribution is -2.36. The first kappa shape index (κ1) is 13.2. The Bertz CT molecular complexity index is 309. The molecule has 0 amide bonds. The first-order valence-corrected chi connectivity index (χ1v) is 6.03. The number of aryl methyl sites for hydroxylation is 1. The quantitative estimate of drug-likeness (QED) is 0.780. The van der Waals surface area contributed by atoms with Gasteiger partial charge in [0, 0.05) is 18.0 Å². The maximum absolute atomic E-state index is 4.30. The van der Waals surface area contributed by atoms with Gasteiger partial charge in [-0.2, -0.15) is 5.10 Å². The maximum Gasteiger partial charge on any atom is 0.138 e. The lowest BCUT2D eigenvalue weighted by atomic mass is 10.1. The molecule has 0 radical (unpaired) electrons. The Labute approximate surface area is 98.5 Å². The molecule has 1 aromatic rings. The summed E-state index contributed by atoms with van der Waals surface area (Å²) >= 11 is 0. The van der Waals surface area contributed by atoms with Crippen molar-refractivity contribution in [3.05, 3.63) is 12.2 Å². The van der Waals surface area contributed by atoms with E-state index >= 15 is 0 Å². The van der Waals surface area contributed by atoms with E-state index in [0.717, 1.165) is 25.2 Å². The van der Waals surface area contributed by atoms with Crippen LogP contribution in [-0.4, -0.2) is 26.8 Å². The van der Waals surface area contributed by atoms with Crippen LogP contribution in [0.1, 0.15) is 52.9 Å². The van der Waals surface area contributed by atoms with Crippen LogP contribution in [0.3, 0.4) is 0 Å². The monoisotopic (exact) mass is 224 g/mol. The van der Waals surface area contributed by atoms with Crippen LogP contribution in [0.15, 0.2) is 6.33 Å². The summed E-state index contributed by atoms with van der Waals surface area (Å²) in [5, 5.41) is 7.70. The van der Waals surface area contributed by atoms with E-state index in [-0.39, 0.29) is 5.54 Å². The molecule has 4 nitrogen and oxygen atoms in total. The molecule has 0 spiro atoms. The second kappa shape index (κ2) is 5.43. The van der Waals surface area contributed by atoms with Gasteiger partial charge in [0.05, 0.1) is 0 Å². The molecular weight excluding hydrogens is 200 g/mol. The van der Waals surface area contributed by atoms with Crippen LogP contribution >= 0.6 is 0 Å². The van der Waals surface area contributed by atoms with E-state index in [1.807, 2.05) is 4.68 Å². The van der Waals surface area contributed by atoms with Gasteiger partial charge < -0.3 is 5.32 Å². The second-order valence-corrected chi connectivity index (χ2v) is 5.49. The van der Waals surface area contributed by atoms with Crippen molar-refractivity contribution in [1.29, 1.82) is 0 Å². The van der Waals surface area contributed by atoms with Crippen molar-refractivity contribution >= 4 is 0 Å². The van der Waals surface area contributed by atoms with Crippen LogP contribution in [0.4, 0.5) is 0 Å². The van der Waals surface area contributed by atoms with Crippen LogP contribution in [0.5, 0.6) is 0 Å². The van der Waals surface area contributed by atoms with Crippen LogP contribution in [0.2, 0.25) is 0 Å². The number of hydrogen-bond acceptors (Lipinski definition) is 3. The molecule has 0 aliphatic heterocycles. The highest BCUT2D eigenvalue weighted by Crippen LogP contribution is 2.07. The van der Waals surface area contributed by atoms with E-state index in [1.165, 1.54) is 0 Å². The van der Waals surface area contributed by atoms with E-state index in [0.29, 0.717) is 6.04 Å². The van der Waals surface area contributed by atoms with Gasteiger partial charge in [-0.05, 0) is 47.6 Å². The molecule has 4 heteroatoms. The Morgan fingerprint density at radius 3 is 2.62 bits per heavy atom. The molecule has 0 atom stereocenters. The minimum absolute atomic E-state index is 0.200. The van der Waals surface area contributed by atoms with E-state index in [4.69, 9.17) is 0 Å². The predicted molar refractivity (Wildman–Crippen MR) is 66.5 cm³/mol. The summed E-state index contributed by atoms with van der Waals surface area (Å²) in [5.41, 5.74) is 0.200. The van der Waals surface area contributed by atoms with Gasteiger partial charge in [-0.3, -0.25) is 0 Å². The summed E-state index contributed by atoms with van der Waals surface area (Å²) in [4.78, 5) is 4.30. The van der Waals surface area contributed by atoms with E-state index in [9.17, 15) is 0 Å². The second-order valence-electron chi connectivity index (χ2n) is 5.49. The van der Waals surface area contributed by atoms with E-state index in [1.54, 1.807) is 6.33 Å². The molecule has 1 aromatic heterocycles. The first-order valence-electron chi connectivity index (χ1n) is 6.03. The van der Waals surface area contributed by atoms with Gasteiger partial charge in [-0.1, -0.05) is 0 Å². The molecule has 1 heterocycles. The summed E-state index contributed by atoms with van der Waals surface area (Å²) in [5.74, 6) is 1.09. The van der Waals surface area contributed by atoms with Crippen molar-refractivity contribution in [1.82, 2.24) is 20.1 Å². The summed E-state index contributed by atoms with van der Waals surface area (Å²) in [6.07, 6.45) is 3.73. The fraction of sp³-hybridized carbons (Fsp3) is 0.833. The van der Waals surface area contributed by atoms with Crippen LogP contribution in [0.25, 0.3) is 0 Å². The SMILES string of the molecule is CC(C)n1ncnc1CCCNC(C)(C)C. The molecule has 0 fully saturated rings. The molecule has 16 heavy (non-hydrogen) atoms. The number of nitrogens with zero attached hydrogens (tertiary/aromatic N) is 3. The number of rotatable bonds is 5. The highest BCUT2D eigenvalue weighted by molar-refractivity contribution is 4.87. The molecule has 0 aliphatic rings. The Morgan fingerprint density at radius 1 is 1.38 bits per heavy atom. The Balaban J connectivity index is 2.35. The molecule has 0 aromatic carbocycles. The Kier molecular flexibility index (Phi) is 4.47. The normalized spacial score (nSPS) is 12.4. The van der Waals surface area contributed by atoms with Gasteiger partial charge in [0.1, 0.15) is 12.2 Å². The molecular formula is C12H24N4. The zero-order chi connectivity index (χ0) is 12.2. The lowest BCUT2D eigenvalue weighted by molar-refractivity contribution is 0.417. The smallest absolute Gasteiger partial charge is 0.138 e. The zero-order valence-corrected chi connectivity index (χ0v) is 11.1. The maximum atomic E-state index is 4.30. The third-order valence-corrected chi connectivity index (χ3v) is 2.37. The number of aromatic nitrogens is 3. The van der Waals surface area contributed by atoms with Crippen LogP contribution in [-0.2, 0) is 6.42 Å². The van der Waals surface area contributed by atoms with Gasteiger partial charge in [0.2, 0.25) is 0 Å². The van der Waals surface area contributed by atoms with E-state index in [2.05, 4.69) is 50.0 Å². The number of hydrogen-bond donors (Lipinski definition) is 1. The average molecular weight is 224 g/mol. The topological polar surface area (TPSA) is 42.7 Å². The summed E-state index contributed by atoms with van der Waals surface area (Å²) in [6, 6.07) is 0.396. The zero-order valence-electron chi connectivity index (χ0n) is 11.1. The number of nitrogens with one attached hydrogen (secondary N) is 1. The standard InChI is InChI=1S/C12H24N4/c1-10(2)16-11(13-9-15-16)7-6-8-14-12(3,4)5/h9-10,14H,6-8H2,1-5H3. The van der Waals surface area contributed by atoms with Crippen molar-refractivity contribution in [2.24, 2.45) is 0 Å². The minimum atomic E-state index is 0.200. The van der Waals surface area contributed by atoms with Gasteiger partial charge in [0.25, 0.3) is 0 Å². The molecule has 0 saturated heterocycles. The minimum Gasteiger partial charge on any atom is -0.312 e. The van der Waals surface area contributed by atoms with E-state index < -0.39 is 0 Å². The van der Waals surface area contributed by atoms with Crippen molar-refractivity contribution in [3.8, 4) is 0 Å². The van der Waals surface area contributed by atoms with Crippen molar-refractivity contribution in [3.63, 3.8) is 0 Å². The largest absolute Gasteiger partial charge is 0.312 e. The van der Waals surface area contributed by atoms with Gasteiger partial charge >= 0.3 is 0 Å². The molecule has 1 N–H and O–H groups in total. The third kappa shape index (κ3) is 4.31. The Hall–Kier alpha value is -0.900. The van der Waals surface area contributed by atoms with Crippen LogP contribution in [0, 0.1) is 0 Å². The van der Waals surface area contributed by atoms with Gasteiger partial charge in [0.15, 0.2) is 0 Å². The van der Waals surface area contributed by atoms with Crippen molar-refractivity contribution in [2.45, 2.75) is 59.0 Å². The summed E-state index contributed by atoms with van der Waals surface area (Å²) < 4.78 is 2.00. The molecule has 1 rings (SSSR count). The highest BCUT2D eigenvalue weighted by atomic mass is 15.3. The Morgan fingerprint density at radius 2 is 2.06 bits per heavy atom. The van der Waals surface area contributed by atoms with Crippen molar-refractivity contribution < 1.29 is 0 Å². The molecule has 0 unspecified atom stereocenters. The highest BCUT2D eigenvalue weighted by Gasteiger charge is 2.09. The fourth-order valence-corrected chi connectivity index (χ4v) is 1.59. The lowest BCUT2D eigenvalue weighted by Gasteiger charge is -2.20. The average Bonchev–Trinajstić information content (AvgIpc) is 2.58. The fourth-order valence-electron chi connectivity index (χ4n) is 1.59. The predicted octanol–water partition coefficient (Wildman–Crippen LogP) is 2.18. The van der Waals surface area contributed by atoms with Crippen LogP contribution < -0.4 is 5.32 Å². The summed E-state index contributed by atoms with van der Waals surface area (Å²) in [7, 11) is 0. The van der Waals surface area contributed by atoms with Crippen molar-refractivity contribution in [2.75, 3.05) is 6.54 Å². The molecule has 0 aliphatic carbocycles. The van der Waals surface area contributed by atoms with Gasteiger partial charge in [-0.25, -0.2) is 9.67 Å². The molecule has 0 bridgehead atoms. The third-order valence-electron chi connectivity index (χ3n) is 2.37. The first-order chi connectivity index (χ1) is 7.40.